The average Bonchev–Trinajstić information content (AvgIpc) is 2.86. The third-order valence-electron chi connectivity index (χ3n) is 4.91. The number of carbonyl (C=O) groups excluding carboxylic acids is 1. The molecule has 0 aliphatic heterocycles. The van der Waals surface area contributed by atoms with E-state index in [0.717, 1.165) is 22.5 Å². The fourth-order valence-corrected chi connectivity index (χ4v) is 3.46. The molecule has 0 spiro atoms. The lowest BCUT2D eigenvalue weighted by Crippen LogP contribution is -2.21. The molecule has 1 amide bonds. The third-order valence-corrected chi connectivity index (χ3v) is 4.91. The Kier molecular flexibility index (Phi) is 4.02. The van der Waals surface area contributed by atoms with E-state index in [1.165, 1.54) is 4.57 Å². The fraction of sp³-hybridized carbons (Fsp3) is 0.263. The van der Waals surface area contributed by atoms with Gasteiger partial charge in [-0.25, -0.2) is 0 Å². The molecule has 0 aliphatic carbocycles. The molecule has 1 aromatic carbocycles. The highest BCUT2D eigenvalue weighted by atomic mass is 16.5. The molecule has 0 unspecified atom stereocenters. The van der Waals surface area contributed by atoms with Crippen molar-refractivity contribution >= 4 is 22.6 Å². The van der Waals surface area contributed by atoms with E-state index in [1.807, 2.05) is 39.0 Å². The number of aromatic nitrogens is 2. The number of pyridine rings is 1. The highest BCUT2D eigenvalue weighted by molar-refractivity contribution is 6.11. The molecule has 26 heavy (non-hydrogen) atoms. The highest BCUT2D eigenvalue weighted by Crippen LogP contribution is 2.35. The van der Waals surface area contributed by atoms with Crippen LogP contribution < -0.4 is 21.8 Å². The Balaban J connectivity index is 2.60. The molecule has 0 bridgehead atoms. The fourth-order valence-electron chi connectivity index (χ4n) is 3.46. The number of aryl methyl sites for hydroxylation is 2. The number of fused-ring (bicyclic) bond motifs is 1. The van der Waals surface area contributed by atoms with Gasteiger partial charge in [0.1, 0.15) is 11.6 Å². The van der Waals surface area contributed by atoms with E-state index < -0.39 is 5.91 Å². The first-order valence-corrected chi connectivity index (χ1v) is 8.15. The zero-order valence-electron chi connectivity index (χ0n) is 15.5. The summed E-state index contributed by atoms with van der Waals surface area (Å²) in [5, 5.41) is 0.227. The number of methoxy groups -OCH3 is 1. The summed E-state index contributed by atoms with van der Waals surface area (Å²) < 4.78 is 8.62. The number of rotatable bonds is 3. The summed E-state index contributed by atoms with van der Waals surface area (Å²) in [6.45, 7) is 5.67. The number of ether oxygens (including phenoxy) is 1. The van der Waals surface area contributed by atoms with Crippen LogP contribution in [0.4, 0.5) is 5.82 Å². The van der Waals surface area contributed by atoms with Gasteiger partial charge in [-0.05, 0) is 38.5 Å². The number of benzene rings is 1. The summed E-state index contributed by atoms with van der Waals surface area (Å²) in [7, 11) is 3.24. The molecule has 0 atom stereocenters. The molecule has 0 aliphatic rings. The van der Waals surface area contributed by atoms with Crippen molar-refractivity contribution in [2.24, 2.45) is 12.8 Å². The first-order chi connectivity index (χ1) is 12.2. The van der Waals surface area contributed by atoms with Crippen molar-refractivity contribution in [3.8, 4) is 11.4 Å². The normalized spacial score (nSPS) is 11.1. The van der Waals surface area contributed by atoms with Crippen LogP contribution in [-0.2, 0) is 7.05 Å². The number of hydrogen-bond acceptors (Lipinski definition) is 4. The number of anilines is 1. The molecule has 0 saturated heterocycles. The Morgan fingerprint density at radius 1 is 1.19 bits per heavy atom. The minimum Gasteiger partial charge on any atom is -0.496 e. The Labute approximate surface area is 150 Å². The van der Waals surface area contributed by atoms with Crippen LogP contribution >= 0.6 is 0 Å². The van der Waals surface area contributed by atoms with Crippen LogP contribution in [0.25, 0.3) is 16.6 Å². The summed E-state index contributed by atoms with van der Waals surface area (Å²) in [4.78, 5) is 24.9. The number of primary amides is 1. The van der Waals surface area contributed by atoms with Crippen molar-refractivity contribution in [1.29, 1.82) is 0 Å². The summed E-state index contributed by atoms with van der Waals surface area (Å²) in [5.74, 6) is 0.105. The minimum atomic E-state index is -0.731. The van der Waals surface area contributed by atoms with Crippen LogP contribution in [0.15, 0.2) is 23.0 Å². The quantitative estimate of drug-likeness (QED) is 0.750. The summed E-state index contributed by atoms with van der Waals surface area (Å²) in [6, 6.07) is 5.61. The van der Waals surface area contributed by atoms with Crippen molar-refractivity contribution in [3.05, 3.63) is 50.9 Å². The average molecular weight is 354 g/mol. The molecule has 4 N–H and O–H groups in total. The smallest absolute Gasteiger partial charge is 0.260 e. The molecular weight excluding hydrogens is 332 g/mol. The number of nitrogens with two attached hydrogens (primary N) is 2. The predicted molar refractivity (Wildman–Crippen MR) is 102 cm³/mol. The van der Waals surface area contributed by atoms with Crippen LogP contribution in [0, 0.1) is 20.8 Å². The first kappa shape index (κ1) is 17.6. The maximum absolute atomic E-state index is 12.8. The van der Waals surface area contributed by atoms with Crippen LogP contribution in [0.2, 0.25) is 0 Å². The van der Waals surface area contributed by atoms with Gasteiger partial charge < -0.3 is 20.8 Å². The number of carbonyl (C=O) groups is 1. The van der Waals surface area contributed by atoms with E-state index in [1.54, 1.807) is 18.7 Å². The molecule has 0 saturated carbocycles. The van der Waals surface area contributed by atoms with E-state index in [9.17, 15) is 9.59 Å². The van der Waals surface area contributed by atoms with Gasteiger partial charge >= 0.3 is 0 Å². The number of amides is 1. The monoisotopic (exact) mass is 354 g/mol. The lowest BCUT2D eigenvalue weighted by atomic mass is 10.1. The second-order valence-electron chi connectivity index (χ2n) is 6.43. The second-order valence-corrected chi connectivity index (χ2v) is 6.43. The van der Waals surface area contributed by atoms with Crippen molar-refractivity contribution in [3.63, 3.8) is 0 Å². The first-order valence-electron chi connectivity index (χ1n) is 8.15. The van der Waals surface area contributed by atoms with E-state index in [-0.39, 0.29) is 22.3 Å². The molecule has 2 heterocycles. The zero-order valence-corrected chi connectivity index (χ0v) is 15.5. The van der Waals surface area contributed by atoms with Gasteiger partial charge in [0.15, 0.2) is 0 Å². The molecule has 3 aromatic rings. The molecule has 0 radical (unpaired) electrons. The Morgan fingerprint density at radius 3 is 2.42 bits per heavy atom. The molecule has 7 heteroatoms. The van der Waals surface area contributed by atoms with Crippen molar-refractivity contribution in [2.75, 3.05) is 12.8 Å². The maximum Gasteiger partial charge on any atom is 0.260 e. The number of hydrogen-bond donors (Lipinski definition) is 2. The lowest BCUT2D eigenvalue weighted by Gasteiger charge is -2.17. The van der Waals surface area contributed by atoms with Gasteiger partial charge in [0, 0.05) is 18.3 Å². The molecular formula is C19H22N4O3. The highest BCUT2D eigenvalue weighted by Gasteiger charge is 2.25. The van der Waals surface area contributed by atoms with Crippen LogP contribution in [0.5, 0.6) is 5.75 Å². The van der Waals surface area contributed by atoms with Crippen molar-refractivity contribution < 1.29 is 9.53 Å². The topological polar surface area (TPSA) is 105 Å². The van der Waals surface area contributed by atoms with E-state index in [4.69, 9.17) is 16.2 Å². The lowest BCUT2D eigenvalue weighted by molar-refractivity contribution is 0.100. The van der Waals surface area contributed by atoms with E-state index in [2.05, 4.69) is 0 Å². The Morgan fingerprint density at radius 2 is 1.85 bits per heavy atom. The summed E-state index contributed by atoms with van der Waals surface area (Å²) in [6.07, 6.45) is 0. The minimum absolute atomic E-state index is 0.0437. The maximum atomic E-state index is 12.8. The zero-order chi connectivity index (χ0) is 19.3. The molecule has 7 nitrogen and oxygen atoms in total. The molecule has 3 rings (SSSR count). The Bertz CT molecular complexity index is 1120. The SMILES string of the molecule is COc1ccc(C)c(-n2c(N)c(C(N)=O)c3c(=O)n(C)c(C)cc32)c1C. The number of nitrogens with zero attached hydrogens (tertiary/aromatic N) is 2. The van der Waals surface area contributed by atoms with Crippen molar-refractivity contribution in [1.82, 2.24) is 9.13 Å². The van der Waals surface area contributed by atoms with Gasteiger partial charge in [-0.1, -0.05) is 6.07 Å². The van der Waals surface area contributed by atoms with E-state index >= 15 is 0 Å². The van der Waals surface area contributed by atoms with Crippen LogP contribution in [0.3, 0.4) is 0 Å². The van der Waals surface area contributed by atoms with E-state index in [0.29, 0.717) is 11.3 Å². The van der Waals surface area contributed by atoms with Gasteiger partial charge in [0.25, 0.3) is 11.5 Å². The standard InChI is InChI=1S/C19H22N4O3/c1-9-6-7-13(26-5)11(3)16(9)23-12-8-10(2)22(4)19(25)14(12)15(17(23)20)18(21)24/h6-8H,20H2,1-5H3,(H2,21,24). The molecule has 136 valence electrons. The van der Waals surface area contributed by atoms with Gasteiger partial charge in [-0.3, -0.25) is 14.2 Å². The summed E-state index contributed by atoms with van der Waals surface area (Å²) >= 11 is 0. The van der Waals surface area contributed by atoms with Crippen LogP contribution in [-0.4, -0.2) is 22.2 Å². The Hall–Kier alpha value is -3.22. The second kappa shape index (κ2) is 5.94. The van der Waals surface area contributed by atoms with Gasteiger partial charge in [-0.2, -0.15) is 0 Å². The van der Waals surface area contributed by atoms with Crippen molar-refractivity contribution in [2.45, 2.75) is 20.8 Å². The van der Waals surface area contributed by atoms with Crippen LogP contribution in [0.1, 0.15) is 27.2 Å². The summed E-state index contributed by atoms with van der Waals surface area (Å²) in [5.41, 5.74) is 15.5. The largest absolute Gasteiger partial charge is 0.496 e. The third kappa shape index (κ3) is 2.28. The molecule has 0 fully saturated rings. The van der Waals surface area contributed by atoms with Gasteiger partial charge in [-0.15, -0.1) is 0 Å². The molecule has 2 aromatic heterocycles. The van der Waals surface area contributed by atoms with Gasteiger partial charge in [0.2, 0.25) is 0 Å². The van der Waals surface area contributed by atoms with Gasteiger partial charge in [0.05, 0.1) is 29.3 Å². The number of nitrogen functional groups attached to an aromatic ring is 1. The predicted octanol–water partition coefficient (Wildman–Crippen LogP) is 1.94.